The lowest BCUT2D eigenvalue weighted by Gasteiger charge is -2.24. The van der Waals surface area contributed by atoms with Gasteiger partial charge in [-0.3, -0.25) is 0 Å². The molecule has 0 unspecified atom stereocenters. The van der Waals surface area contributed by atoms with Crippen molar-refractivity contribution in [2.75, 3.05) is 25.0 Å². The zero-order valence-electron chi connectivity index (χ0n) is 9.34. The van der Waals surface area contributed by atoms with E-state index in [2.05, 4.69) is 0 Å². The second-order valence-electron chi connectivity index (χ2n) is 4.66. The molecule has 1 fully saturated rings. The van der Waals surface area contributed by atoms with Crippen molar-refractivity contribution in [3.05, 3.63) is 29.8 Å². The summed E-state index contributed by atoms with van der Waals surface area (Å²) in [7, 11) is 1.88. The van der Waals surface area contributed by atoms with Crippen LogP contribution in [-0.4, -0.2) is 20.1 Å². The van der Waals surface area contributed by atoms with Gasteiger partial charge in [-0.05, 0) is 31.5 Å². The van der Waals surface area contributed by atoms with Gasteiger partial charge in [0.15, 0.2) is 11.6 Å². The van der Waals surface area contributed by atoms with Gasteiger partial charge in [-0.25, -0.2) is 8.78 Å². The van der Waals surface area contributed by atoms with Gasteiger partial charge in [0, 0.05) is 30.8 Å². The van der Waals surface area contributed by atoms with Gasteiger partial charge < -0.3 is 10.6 Å². The first-order valence-electron chi connectivity index (χ1n) is 5.43. The van der Waals surface area contributed by atoms with Crippen LogP contribution in [-0.2, 0) is 0 Å². The van der Waals surface area contributed by atoms with E-state index in [-0.39, 0.29) is 5.41 Å². The largest absolute Gasteiger partial charge is 0.374 e. The van der Waals surface area contributed by atoms with Crippen LogP contribution in [0.3, 0.4) is 0 Å². The van der Waals surface area contributed by atoms with Crippen molar-refractivity contribution in [1.82, 2.24) is 0 Å². The van der Waals surface area contributed by atoms with E-state index < -0.39 is 11.6 Å². The quantitative estimate of drug-likeness (QED) is 0.852. The Hall–Kier alpha value is -1.16. The van der Waals surface area contributed by atoms with Gasteiger partial charge in [-0.15, -0.1) is 0 Å². The smallest absolute Gasteiger partial charge is 0.160 e. The van der Waals surface area contributed by atoms with Crippen LogP contribution in [0.2, 0.25) is 0 Å². The number of nitrogens with two attached hydrogens (primary N) is 1. The first kappa shape index (κ1) is 11.3. The number of halogens is 2. The van der Waals surface area contributed by atoms with Gasteiger partial charge >= 0.3 is 0 Å². The number of nitrogens with zero attached hydrogens (tertiary/aromatic N) is 1. The van der Waals surface area contributed by atoms with Crippen molar-refractivity contribution in [3.63, 3.8) is 0 Å². The number of rotatable bonds is 4. The highest BCUT2D eigenvalue weighted by Crippen LogP contribution is 2.45. The Morgan fingerprint density at radius 2 is 2.00 bits per heavy atom. The lowest BCUT2D eigenvalue weighted by atomic mass is 10.1. The average Bonchev–Trinajstić information content (AvgIpc) is 3.02. The molecule has 0 saturated heterocycles. The van der Waals surface area contributed by atoms with Crippen LogP contribution in [0.4, 0.5) is 14.5 Å². The van der Waals surface area contributed by atoms with E-state index in [1.54, 1.807) is 6.07 Å². The minimum atomic E-state index is -0.808. The topological polar surface area (TPSA) is 29.3 Å². The molecule has 0 radical (unpaired) electrons. The molecule has 4 heteroatoms. The molecule has 0 aliphatic heterocycles. The van der Waals surface area contributed by atoms with E-state index in [4.69, 9.17) is 5.73 Å². The second-order valence-corrected chi connectivity index (χ2v) is 4.66. The number of anilines is 1. The maximum atomic E-state index is 13.0. The molecular formula is C12H16F2N2. The Labute approximate surface area is 94.0 Å². The predicted molar refractivity (Wildman–Crippen MR) is 60.3 cm³/mol. The Balaban J connectivity index is 2.09. The van der Waals surface area contributed by atoms with Gasteiger partial charge in [0.25, 0.3) is 0 Å². The van der Waals surface area contributed by atoms with Crippen LogP contribution in [0.15, 0.2) is 18.2 Å². The fourth-order valence-corrected chi connectivity index (χ4v) is 1.92. The van der Waals surface area contributed by atoms with Crippen molar-refractivity contribution in [1.29, 1.82) is 0 Å². The molecule has 2 N–H and O–H groups in total. The number of hydrogen-bond acceptors (Lipinski definition) is 2. The summed E-state index contributed by atoms with van der Waals surface area (Å²) in [6.07, 6.45) is 2.25. The average molecular weight is 226 g/mol. The lowest BCUT2D eigenvalue weighted by molar-refractivity contribution is 0.504. The van der Waals surface area contributed by atoms with Crippen LogP contribution in [0.1, 0.15) is 12.8 Å². The van der Waals surface area contributed by atoms with Crippen LogP contribution in [0.25, 0.3) is 0 Å². The SMILES string of the molecule is CN(CC1(CN)CC1)c1ccc(F)c(F)c1. The molecule has 88 valence electrons. The molecule has 0 spiro atoms. The lowest BCUT2D eigenvalue weighted by Crippen LogP contribution is -2.31. The molecule has 0 aromatic heterocycles. The molecule has 2 nitrogen and oxygen atoms in total. The summed E-state index contributed by atoms with van der Waals surface area (Å²) in [5, 5.41) is 0. The highest BCUT2D eigenvalue weighted by atomic mass is 19.2. The molecule has 16 heavy (non-hydrogen) atoms. The van der Waals surface area contributed by atoms with Crippen LogP contribution >= 0.6 is 0 Å². The molecule has 1 aliphatic carbocycles. The summed E-state index contributed by atoms with van der Waals surface area (Å²) in [6.45, 7) is 1.45. The normalized spacial score (nSPS) is 17.2. The number of benzene rings is 1. The Bertz CT molecular complexity index is 389. The van der Waals surface area contributed by atoms with Gasteiger partial charge in [0.05, 0.1) is 0 Å². The summed E-state index contributed by atoms with van der Waals surface area (Å²) >= 11 is 0. The van der Waals surface area contributed by atoms with Crippen LogP contribution < -0.4 is 10.6 Å². The standard InChI is InChI=1S/C12H16F2N2/c1-16(8-12(7-15)4-5-12)9-2-3-10(13)11(14)6-9/h2-3,6H,4-5,7-8,15H2,1H3. The molecule has 1 saturated carbocycles. The first-order chi connectivity index (χ1) is 7.56. The fraction of sp³-hybridized carbons (Fsp3) is 0.500. The molecule has 0 atom stereocenters. The van der Waals surface area contributed by atoms with E-state index >= 15 is 0 Å². The maximum absolute atomic E-state index is 13.0. The molecule has 1 aliphatic rings. The Morgan fingerprint density at radius 3 is 2.50 bits per heavy atom. The van der Waals surface area contributed by atoms with E-state index in [1.807, 2.05) is 11.9 Å². The summed E-state index contributed by atoms with van der Waals surface area (Å²) in [4.78, 5) is 1.93. The Morgan fingerprint density at radius 1 is 1.31 bits per heavy atom. The molecular weight excluding hydrogens is 210 g/mol. The van der Waals surface area contributed by atoms with Crippen molar-refractivity contribution in [2.45, 2.75) is 12.8 Å². The monoisotopic (exact) mass is 226 g/mol. The Kier molecular flexibility index (Phi) is 2.84. The predicted octanol–water partition coefficient (Wildman–Crippen LogP) is 2.14. The van der Waals surface area contributed by atoms with Gasteiger partial charge in [0.2, 0.25) is 0 Å². The second kappa shape index (κ2) is 4.01. The summed E-state index contributed by atoms with van der Waals surface area (Å²) in [6, 6.07) is 3.97. The van der Waals surface area contributed by atoms with Crippen LogP contribution in [0, 0.1) is 17.0 Å². The van der Waals surface area contributed by atoms with E-state index in [1.165, 1.54) is 6.07 Å². The zero-order valence-corrected chi connectivity index (χ0v) is 9.34. The highest BCUT2D eigenvalue weighted by molar-refractivity contribution is 5.46. The molecule has 0 amide bonds. The molecule has 1 aromatic carbocycles. The van der Waals surface area contributed by atoms with Crippen molar-refractivity contribution < 1.29 is 8.78 Å². The van der Waals surface area contributed by atoms with E-state index in [0.29, 0.717) is 12.2 Å². The van der Waals surface area contributed by atoms with Gasteiger partial charge in [-0.2, -0.15) is 0 Å². The van der Waals surface area contributed by atoms with Crippen molar-refractivity contribution in [2.24, 2.45) is 11.1 Å². The van der Waals surface area contributed by atoms with E-state index in [9.17, 15) is 8.78 Å². The third-order valence-electron chi connectivity index (χ3n) is 3.31. The van der Waals surface area contributed by atoms with Crippen LogP contribution in [0.5, 0.6) is 0 Å². The summed E-state index contributed by atoms with van der Waals surface area (Å²) in [5.74, 6) is -1.61. The molecule has 1 aromatic rings. The molecule has 0 heterocycles. The first-order valence-corrected chi connectivity index (χ1v) is 5.43. The van der Waals surface area contributed by atoms with Crippen molar-refractivity contribution in [3.8, 4) is 0 Å². The third kappa shape index (κ3) is 2.16. The highest BCUT2D eigenvalue weighted by Gasteiger charge is 2.42. The zero-order chi connectivity index (χ0) is 11.8. The maximum Gasteiger partial charge on any atom is 0.160 e. The van der Waals surface area contributed by atoms with Crippen molar-refractivity contribution >= 4 is 5.69 Å². The van der Waals surface area contributed by atoms with Gasteiger partial charge in [0.1, 0.15) is 0 Å². The van der Waals surface area contributed by atoms with E-state index in [0.717, 1.165) is 25.5 Å². The summed E-state index contributed by atoms with van der Waals surface area (Å²) < 4.78 is 25.8. The fourth-order valence-electron chi connectivity index (χ4n) is 1.92. The number of hydrogen-bond donors (Lipinski definition) is 1. The minimum Gasteiger partial charge on any atom is -0.374 e. The minimum absolute atomic E-state index is 0.194. The molecule has 2 rings (SSSR count). The molecule has 0 bridgehead atoms. The summed E-state index contributed by atoms with van der Waals surface area (Å²) in [5.41, 5.74) is 6.58. The third-order valence-corrected chi connectivity index (χ3v) is 3.31. The van der Waals surface area contributed by atoms with Gasteiger partial charge in [-0.1, -0.05) is 0 Å².